The molecular formula is C25H38N8O7. The van der Waals surface area contributed by atoms with Crippen molar-refractivity contribution < 1.29 is 34.2 Å². The summed E-state index contributed by atoms with van der Waals surface area (Å²) in [5.74, 6) is -3.99. The standard InChI is InChI=1S/C25H38N8O7/c26-16(3-1-11-30-25(28)29)21(36)31-17(9-10-20(27)35)22(37)32-18(13-14-5-7-15(34)8-6-14)23(38)33-12-2-4-19(33)24(39)40/h5-8,16-19,34H,1-4,9-13,26H2,(H2,27,35)(H,31,36)(H,32,37)(H,39,40)(H4,28,29,30). The fourth-order valence-corrected chi connectivity index (χ4v) is 4.31. The van der Waals surface area contributed by atoms with Gasteiger partial charge in [0.2, 0.25) is 23.6 Å². The number of carbonyl (C=O) groups is 5. The number of carboxylic acid groups (broad SMARTS) is 1. The molecule has 4 atom stereocenters. The van der Waals surface area contributed by atoms with Crippen LogP contribution in [0.2, 0.25) is 0 Å². The summed E-state index contributed by atoms with van der Waals surface area (Å²) in [6.07, 6.45) is 0.959. The van der Waals surface area contributed by atoms with Gasteiger partial charge in [-0.15, -0.1) is 0 Å². The lowest BCUT2D eigenvalue weighted by atomic mass is 10.0. The van der Waals surface area contributed by atoms with Gasteiger partial charge in [0, 0.05) is 25.9 Å². The number of benzene rings is 1. The molecule has 40 heavy (non-hydrogen) atoms. The minimum Gasteiger partial charge on any atom is -0.508 e. The van der Waals surface area contributed by atoms with Gasteiger partial charge < -0.3 is 48.7 Å². The van der Waals surface area contributed by atoms with Crippen LogP contribution in [0.5, 0.6) is 5.75 Å². The molecule has 2 rings (SSSR count). The molecule has 0 bridgehead atoms. The van der Waals surface area contributed by atoms with Crippen LogP contribution in [-0.2, 0) is 30.4 Å². The number of phenolic OH excluding ortho intramolecular Hbond substituents is 1. The number of likely N-dealkylation sites (tertiary alicyclic amines) is 1. The Morgan fingerprint density at radius 3 is 2.25 bits per heavy atom. The summed E-state index contributed by atoms with van der Waals surface area (Å²) < 4.78 is 0. The number of carbonyl (C=O) groups excluding carboxylic acids is 4. The predicted octanol–water partition coefficient (Wildman–Crippen LogP) is -2.37. The third-order valence-corrected chi connectivity index (χ3v) is 6.43. The van der Waals surface area contributed by atoms with Crippen LogP contribution in [0.15, 0.2) is 29.3 Å². The molecule has 0 aromatic heterocycles. The van der Waals surface area contributed by atoms with Crippen molar-refractivity contribution in [2.45, 2.75) is 69.1 Å². The highest BCUT2D eigenvalue weighted by Crippen LogP contribution is 2.20. The molecule has 1 aromatic carbocycles. The van der Waals surface area contributed by atoms with Crippen LogP contribution in [0.1, 0.15) is 44.1 Å². The number of rotatable bonds is 15. The number of nitrogens with zero attached hydrogens (tertiary/aromatic N) is 2. The molecule has 1 heterocycles. The Kier molecular flexibility index (Phi) is 12.1. The van der Waals surface area contributed by atoms with Gasteiger partial charge in [-0.2, -0.15) is 0 Å². The fraction of sp³-hybridized carbons (Fsp3) is 0.520. The van der Waals surface area contributed by atoms with E-state index in [0.717, 1.165) is 0 Å². The van der Waals surface area contributed by atoms with E-state index in [0.29, 0.717) is 18.4 Å². The van der Waals surface area contributed by atoms with Crippen LogP contribution < -0.4 is 33.6 Å². The molecule has 1 saturated heterocycles. The first-order valence-electron chi connectivity index (χ1n) is 12.9. The SMILES string of the molecule is NC(=O)CCC(NC(=O)C(N)CCCN=C(N)N)C(=O)NC(Cc1ccc(O)cc1)C(=O)N1CCCC1C(=O)O. The van der Waals surface area contributed by atoms with E-state index in [9.17, 15) is 34.2 Å². The van der Waals surface area contributed by atoms with E-state index in [2.05, 4.69) is 15.6 Å². The summed E-state index contributed by atoms with van der Waals surface area (Å²) in [7, 11) is 0. The van der Waals surface area contributed by atoms with Crippen LogP contribution in [0.25, 0.3) is 0 Å². The van der Waals surface area contributed by atoms with Crippen molar-refractivity contribution in [3.05, 3.63) is 29.8 Å². The number of guanidine groups is 1. The van der Waals surface area contributed by atoms with Gasteiger partial charge >= 0.3 is 5.97 Å². The molecule has 4 unspecified atom stereocenters. The Hall–Kier alpha value is -4.40. The van der Waals surface area contributed by atoms with E-state index in [4.69, 9.17) is 22.9 Å². The molecule has 1 aliphatic rings. The maximum atomic E-state index is 13.5. The molecule has 1 aromatic rings. The van der Waals surface area contributed by atoms with Crippen molar-refractivity contribution in [2.75, 3.05) is 13.1 Å². The van der Waals surface area contributed by atoms with Crippen molar-refractivity contribution in [1.29, 1.82) is 0 Å². The zero-order chi connectivity index (χ0) is 29.8. The highest BCUT2D eigenvalue weighted by Gasteiger charge is 2.38. The van der Waals surface area contributed by atoms with Crippen LogP contribution in [0, 0.1) is 0 Å². The number of nitrogens with one attached hydrogen (secondary N) is 2. The smallest absolute Gasteiger partial charge is 0.326 e. The zero-order valence-electron chi connectivity index (χ0n) is 22.1. The second-order valence-corrected chi connectivity index (χ2v) is 9.58. The number of aromatic hydroxyl groups is 1. The number of amides is 4. The maximum Gasteiger partial charge on any atom is 0.326 e. The van der Waals surface area contributed by atoms with Crippen molar-refractivity contribution in [3.8, 4) is 5.75 Å². The number of phenols is 1. The Morgan fingerprint density at radius 2 is 1.65 bits per heavy atom. The van der Waals surface area contributed by atoms with E-state index in [1.165, 1.54) is 17.0 Å². The van der Waals surface area contributed by atoms with Gasteiger partial charge in [-0.25, -0.2) is 4.79 Å². The summed E-state index contributed by atoms with van der Waals surface area (Å²) in [5.41, 5.74) is 22.3. The van der Waals surface area contributed by atoms with Crippen LogP contribution in [0.4, 0.5) is 0 Å². The van der Waals surface area contributed by atoms with Gasteiger partial charge in [0.05, 0.1) is 6.04 Å². The summed E-state index contributed by atoms with van der Waals surface area (Å²) >= 11 is 0. The Labute approximate surface area is 231 Å². The van der Waals surface area contributed by atoms with Gasteiger partial charge in [0.1, 0.15) is 23.9 Å². The van der Waals surface area contributed by atoms with Gasteiger partial charge in [0.15, 0.2) is 5.96 Å². The van der Waals surface area contributed by atoms with Crippen molar-refractivity contribution in [2.24, 2.45) is 27.9 Å². The topological polar surface area (TPSA) is 270 Å². The van der Waals surface area contributed by atoms with Gasteiger partial charge in [-0.1, -0.05) is 12.1 Å². The summed E-state index contributed by atoms with van der Waals surface area (Å²) in [6, 6.07) is 1.47. The number of hydrogen-bond donors (Lipinski definition) is 8. The number of primary amides is 1. The van der Waals surface area contributed by atoms with Crippen LogP contribution >= 0.6 is 0 Å². The van der Waals surface area contributed by atoms with E-state index in [1.807, 2.05) is 0 Å². The minimum absolute atomic E-state index is 0.00464. The Bertz CT molecular complexity index is 1090. The number of nitrogens with two attached hydrogens (primary N) is 4. The van der Waals surface area contributed by atoms with Gasteiger partial charge in [-0.05, 0) is 49.8 Å². The molecule has 15 nitrogen and oxygen atoms in total. The predicted molar refractivity (Wildman–Crippen MR) is 144 cm³/mol. The lowest BCUT2D eigenvalue weighted by Crippen LogP contribution is -2.57. The number of aliphatic carboxylic acids is 1. The zero-order valence-corrected chi connectivity index (χ0v) is 22.1. The summed E-state index contributed by atoms with van der Waals surface area (Å²) in [5, 5.41) is 24.3. The van der Waals surface area contributed by atoms with E-state index in [1.54, 1.807) is 12.1 Å². The van der Waals surface area contributed by atoms with E-state index >= 15 is 0 Å². The first-order valence-corrected chi connectivity index (χ1v) is 12.9. The lowest BCUT2D eigenvalue weighted by Gasteiger charge is -2.29. The largest absolute Gasteiger partial charge is 0.508 e. The highest BCUT2D eigenvalue weighted by molar-refractivity contribution is 5.94. The molecule has 15 heteroatoms. The molecule has 220 valence electrons. The molecule has 4 amide bonds. The molecule has 1 aliphatic heterocycles. The van der Waals surface area contributed by atoms with E-state index < -0.39 is 53.8 Å². The van der Waals surface area contributed by atoms with Gasteiger partial charge in [0.25, 0.3) is 0 Å². The molecule has 0 aliphatic carbocycles. The minimum atomic E-state index is -1.26. The molecule has 1 fully saturated rings. The molecule has 0 saturated carbocycles. The van der Waals surface area contributed by atoms with Crippen molar-refractivity contribution >= 4 is 35.6 Å². The lowest BCUT2D eigenvalue weighted by molar-refractivity contribution is -0.149. The second-order valence-electron chi connectivity index (χ2n) is 9.58. The average Bonchev–Trinajstić information content (AvgIpc) is 3.39. The van der Waals surface area contributed by atoms with Crippen molar-refractivity contribution in [1.82, 2.24) is 15.5 Å². The van der Waals surface area contributed by atoms with E-state index in [-0.39, 0.29) is 56.9 Å². The third-order valence-electron chi connectivity index (χ3n) is 6.43. The first kappa shape index (κ1) is 31.8. The highest BCUT2D eigenvalue weighted by atomic mass is 16.4. The molecular weight excluding hydrogens is 524 g/mol. The van der Waals surface area contributed by atoms with Crippen LogP contribution in [-0.4, -0.2) is 87.9 Å². The molecule has 12 N–H and O–H groups in total. The number of hydrogen-bond acceptors (Lipinski definition) is 8. The molecule has 0 radical (unpaired) electrons. The molecule has 0 spiro atoms. The number of carboxylic acids is 1. The van der Waals surface area contributed by atoms with Gasteiger partial charge in [-0.3, -0.25) is 24.2 Å². The fourth-order valence-electron chi connectivity index (χ4n) is 4.31. The Morgan fingerprint density at radius 1 is 1.00 bits per heavy atom. The monoisotopic (exact) mass is 562 g/mol. The quantitative estimate of drug-likeness (QED) is 0.0639. The average molecular weight is 563 g/mol. The normalized spacial score (nSPS) is 16.8. The summed E-state index contributed by atoms with van der Waals surface area (Å²) in [6.45, 7) is 0.456. The third kappa shape index (κ3) is 10.1. The van der Waals surface area contributed by atoms with Crippen molar-refractivity contribution in [3.63, 3.8) is 0 Å². The summed E-state index contributed by atoms with van der Waals surface area (Å²) in [4.78, 5) is 67.7. The Balaban J connectivity index is 2.21. The maximum absolute atomic E-state index is 13.5. The second kappa shape index (κ2) is 15.3. The van der Waals surface area contributed by atoms with Crippen LogP contribution in [0.3, 0.4) is 0 Å². The number of aliphatic imine (C=N–C) groups is 1. The first-order chi connectivity index (χ1) is 18.9.